The third kappa shape index (κ3) is 5.04. The highest BCUT2D eigenvalue weighted by atomic mass is 16.2. The number of benzene rings is 1. The van der Waals surface area contributed by atoms with E-state index in [2.05, 4.69) is 51.4 Å². The SMILES string of the molecule is Cc1ccc(C2(CN3CCC(NC(=O)Cc4c(C)[nH]c(=O)[nH]c4=O)CC3)CCCC2)cc1. The number of amides is 1. The summed E-state index contributed by atoms with van der Waals surface area (Å²) in [4.78, 5) is 43.2. The van der Waals surface area contributed by atoms with Crippen LogP contribution in [0.4, 0.5) is 0 Å². The van der Waals surface area contributed by atoms with Crippen LogP contribution < -0.4 is 16.6 Å². The molecule has 172 valence electrons. The van der Waals surface area contributed by atoms with Crippen LogP contribution in [0.5, 0.6) is 0 Å². The Morgan fingerprint density at radius 2 is 1.72 bits per heavy atom. The lowest BCUT2D eigenvalue weighted by Gasteiger charge is -2.39. The smallest absolute Gasteiger partial charge is 0.325 e. The second-order valence-electron chi connectivity index (χ2n) is 9.66. The standard InChI is InChI=1S/C25H34N4O3/c1-17-5-7-19(8-6-17)25(11-3-4-12-25)16-29-13-9-20(10-14-29)27-22(30)15-21-18(2)26-24(32)28-23(21)31/h5-8,20H,3-4,9-16H2,1-2H3,(H,27,30)(H2,26,28,31,32). The molecule has 0 atom stereocenters. The van der Waals surface area contributed by atoms with E-state index >= 15 is 0 Å². The van der Waals surface area contributed by atoms with Crippen LogP contribution in [0, 0.1) is 13.8 Å². The molecule has 1 aromatic carbocycles. The highest BCUT2D eigenvalue weighted by Gasteiger charge is 2.38. The fourth-order valence-electron chi connectivity index (χ4n) is 5.44. The number of piperidine rings is 1. The Kier molecular flexibility index (Phi) is 6.65. The van der Waals surface area contributed by atoms with Crippen LogP contribution in [-0.4, -0.2) is 46.5 Å². The molecule has 2 fully saturated rings. The molecular weight excluding hydrogens is 404 g/mol. The van der Waals surface area contributed by atoms with Crippen molar-refractivity contribution in [3.05, 3.63) is 67.5 Å². The van der Waals surface area contributed by atoms with Crippen LogP contribution in [0.2, 0.25) is 0 Å². The maximum absolute atomic E-state index is 12.5. The average Bonchev–Trinajstić information content (AvgIpc) is 3.22. The van der Waals surface area contributed by atoms with Gasteiger partial charge >= 0.3 is 5.69 Å². The molecule has 2 aliphatic rings. The molecule has 2 aromatic rings. The molecule has 4 rings (SSSR count). The van der Waals surface area contributed by atoms with E-state index in [1.54, 1.807) is 6.92 Å². The van der Waals surface area contributed by atoms with E-state index in [4.69, 9.17) is 0 Å². The first-order valence-electron chi connectivity index (χ1n) is 11.8. The lowest BCUT2D eigenvalue weighted by atomic mass is 9.77. The van der Waals surface area contributed by atoms with E-state index < -0.39 is 11.2 Å². The highest BCUT2D eigenvalue weighted by molar-refractivity contribution is 5.79. The topological polar surface area (TPSA) is 98.1 Å². The summed E-state index contributed by atoms with van der Waals surface area (Å²) in [6.07, 6.45) is 6.90. The predicted octanol–water partition coefficient (Wildman–Crippen LogP) is 2.32. The molecule has 2 heterocycles. The molecule has 1 saturated heterocycles. The zero-order chi connectivity index (χ0) is 22.7. The number of H-pyrrole nitrogens is 2. The Morgan fingerprint density at radius 1 is 1.06 bits per heavy atom. The third-order valence-electron chi connectivity index (χ3n) is 7.30. The normalized spacial score (nSPS) is 19.2. The van der Waals surface area contributed by atoms with Gasteiger partial charge in [0.2, 0.25) is 5.91 Å². The monoisotopic (exact) mass is 438 g/mol. The number of carbonyl (C=O) groups is 1. The van der Waals surface area contributed by atoms with E-state index in [9.17, 15) is 14.4 Å². The van der Waals surface area contributed by atoms with E-state index in [1.807, 2.05) is 0 Å². The van der Waals surface area contributed by atoms with Gasteiger partial charge in [0.15, 0.2) is 0 Å². The van der Waals surface area contributed by atoms with Gasteiger partial charge in [0, 0.05) is 42.3 Å². The van der Waals surface area contributed by atoms with Crippen molar-refractivity contribution in [3.63, 3.8) is 0 Å². The van der Waals surface area contributed by atoms with Gasteiger partial charge < -0.3 is 15.2 Å². The van der Waals surface area contributed by atoms with Crippen LogP contribution >= 0.6 is 0 Å². The van der Waals surface area contributed by atoms with Crippen molar-refractivity contribution in [1.82, 2.24) is 20.2 Å². The summed E-state index contributed by atoms with van der Waals surface area (Å²) in [5.74, 6) is -0.170. The van der Waals surface area contributed by atoms with E-state index in [0.29, 0.717) is 11.3 Å². The Morgan fingerprint density at radius 3 is 2.34 bits per heavy atom. The molecule has 1 aliphatic heterocycles. The van der Waals surface area contributed by atoms with Crippen molar-refractivity contribution < 1.29 is 4.79 Å². The van der Waals surface area contributed by atoms with Crippen molar-refractivity contribution in [2.24, 2.45) is 0 Å². The van der Waals surface area contributed by atoms with Gasteiger partial charge in [-0.15, -0.1) is 0 Å². The van der Waals surface area contributed by atoms with Gasteiger partial charge in [-0.1, -0.05) is 42.7 Å². The number of aromatic nitrogens is 2. The van der Waals surface area contributed by atoms with Crippen molar-refractivity contribution >= 4 is 5.91 Å². The second kappa shape index (κ2) is 9.45. The van der Waals surface area contributed by atoms with Gasteiger partial charge in [-0.2, -0.15) is 0 Å². The lowest BCUT2D eigenvalue weighted by molar-refractivity contribution is -0.121. The first kappa shape index (κ1) is 22.5. The maximum Gasteiger partial charge on any atom is 0.325 e. The van der Waals surface area contributed by atoms with Crippen LogP contribution in [-0.2, 0) is 16.6 Å². The molecule has 7 nitrogen and oxygen atoms in total. The van der Waals surface area contributed by atoms with Crippen LogP contribution in [0.25, 0.3) is 0 Å². The fourth-order valence-corrected chi connectivity index (χ4v) is 5.44. The van der Waals surface area contributed by atoms with E-state index in [1.165, 1.54) is 36.8 Å². The molecule has 32 heavy (non-hydrogen) atoms. The number of nitrogens with zero attached hydrogens (tertiary/aromatic N) is 1. The van der Waals surface area contributed by atoms with Gasteiger partial charge in [-0.05, 0) is 45.1 Å². The zero-order valence-corrected chi connectivity index (χ0v) is 19.1. The minimum absolute atomic E-state index is 0.0192. The average molecular weight is 439 g/mol. The molecule has 0 radical (unpaired) electrons. The Bertz CT molecular complexity index is 1060. The summed E-state index contributed by atoms with van der Waals surface area (Å²) in [5.41, 5.74) is 2.76. The minimum atomic E-state index is -0.547. The summed E-state index contributed by atoms with van der Waals surface area (Å²) in [7, 11) is 0. The number of carbonyl (C=O) groups excluding carboxylic acids is 1. The Balaban J connectivity index is 1.32. The number of nitrogens with one attached hydrogen (secondary N) is 3. The lowest BCUT2D eigenvalue weighted by Crippen LogP contribution is -2.48. The number of hydrogen-bond acceptors (Lipinski definition) is 4. The molecular formula is C25H34N4O3. The highest BCUT2D eigenvalue weighted by Crippen LogP contribution is 2.42. The molecule has 1 aromatic heterocycles. The van der Waals surface area contributed by atoms with Gasteiger partial charge in [0.05, 0.1) is 6.42 Å². The van der Waals surface area contributed by atoms with E-state index in [0.717, 1.165) is 32.5 Å². The van der Waals surface area contributed by atoms with Gasteiger partial charge in [0.1, 0.15) is 0 Å². The molecule has 1 amide bonds. The predicted molar refractivity (Wildman–Crippen MR) is 125 cm³/mol. The Labute approximate surface area is 188 Å². The number of aromatic amines is 2. The molecule has 1 aliphatic carbocycles. The summed E-state index contributed by atoms with van der Waals surface area (Å²) in [6.45, 7) is 6.81. The zero-order valence-electron chi connectivity index (χ0n) is 19.1. The summed E-state index contributed by atoms with van der Waals surface area (Å²) in [6, 6.07) is 9.21. The fraction of sp³-hybridized carbons (Fsp3) is 0.560. The van der Waals surface area contributed by atoms with Crippen molar-refractivity contribution in [2.45, 2.75) is 70.3 Å². The van der Waals surface area contributed by atoms with Crippen molar-refractivity contribution in [1.29, 1.82) is 0 Å². The van der Waals surface area contributed by atoms with Gasteiger partial charge in [0.25, 0.3) is 5.56 Å². The van der Waals surface area contributed by atoms with Crippen LogP contribution in [0.15, 0.2) is 33.9 Å². The first-order valence-corrected chi connectivity index (χ1v) is 11.8. The van der Waals surface area contributed by atoms with Gasteiger partial charge in [-0.3, -0.25) is 14.6 Å². The Hall–Kier alpha value is -2.67. The van der Waals surface area contributed by atoms with Crippen molar-refractivity contribution in [2.75, 3.05) is 19.6 Å². The quantitative estimate of drug-likeness (QED) is 0.645. The first-order chi connectivity index (χ1) is 15.3. The number of likely N-dealkylation sites (tertiary alicyclic amines) is 1. The third-order valence-corrected chi connectivity index (χ3v) is 7.30. The minimum Gasteiger partial charge on any atom is -0.353 e. The summed E-state index contributed by atoms with van der Waals surface area (Å²) in [5, 5.41) is 3.09. The molecule has 0 unspecified atom stereocenters. The molecule has 3 N–H and O–H groups in total. The number of hydrogen-bond donors (Lipinski definition) is 3. The molecule has 7 heteroatoms. The maximum atomic E-state index is 12.5. The number of aryl methyl sites for hydroxylation is 2. The largest absolute Gasteiger partial charge is 0.353 e. The summed E-state index contributed by atoms with van der Waals surface area (Å²) < 4.78 is 0. The summed E-state index contributed by atoms with van der Waals surface area (Å²) >= 11 is 0. The van der Waals surface area contributed by atoms with Crippen LogP contribution in [0.1, 0.15) is 60.9 Å². The van der Waals surface area contributed by atoms with Crippen LogP contribution in [0.3, 0.4) is 0 Å². The molecule has 0 spiro atoms. The van der Waals surface area contributed by atoms with Gasteiger partial charge in [-0.25, -0.2) is 4.79 Å². The molecule has 0 bridgehead atoms. The molecule has 1 saturated carbocycles. The van der Waals surface area contributed by atoms with Crippen molar-refractivity contribution in [3.8, 4) is 0 Å². The number of rotatable bonds is 6. The second-order valence-corrected chi connectivity index (χ2v) is 9.66. The van der Waals surface area contributed by atoms with E-state index in [-0.39, 0.29) is 23.8 Å².